The highest BCUT2D eigenvalue weighted by Crippen LogP contribution is 2.37. The molecule has 0 aliphatic carbocycles. The number of carbonyl (C=O) groups is 1. The number of hydrogen-bond donors (Lipinski definition) is 2. The van der Waals surface area contributed by atoms with Gasteiger partial charge in [0.15, 0.2) is 5.82 Å². The van der Waals surface area contributed by atoms with Crippen LogP contribution in [0.4, 0.5) is 22.1 Å². The summed E-state index contributed by atoms with van der Waals surface area (Å²) in [4.78, 5) is 36.2. The molecule has 0 saturated carbocycles. The van der Waals surface area contributed by atoms with Crippen molar-refractivity contribution in [3.63, 3.8) is 0 Å². The van der Waals surface area contributed by atoms with E-state index < -0.39 is 0 Å². The Bertz CT molecular complexity index is 1370. The number of nitrogens with zero attached hydrogens (tertiary/aromatic N) is 6. The maximum atomic E-state index is 12.5. The number of aromatic nitrogens is 4. The van der Waals surface area contributed by atoms with Crippen LogP contribution in [0.2, 0.25) is 0 Å². The van der Waals surface area contributed by atoms with Crippen LogP contribution in [0.3, 0.4) is 0 Å². The number of fused-ring (bicyclic) bond motifs is 1. The Morgan fingerprint density at radius 1 is 1.10 bits per heavy atom. The second kappa shape index (κ2) is 13.0. The van der Waals surface area contributed by atoms with Crippen molar-refractivity contribution < 1.29 is 9.53 Å². The lowest BCUT2D eigenvalue weighted by Crippen LogP contribution is -2.40. The number of anilines is 3. The number of morpholine rings is 1. The van der Waals surface area contributed by atoms with E-state index in [-0.39, 0.29) is 12.1 Å². The predicted octanol–water partition coefficient (Wildman–Crippen LogP) is 5.54. The molecule has 1 atom stereocenters. The zero-order valence-electron chi connectivity index (χ0n) is 25.6. The number of nitrogens with one attached hydrogen (secondary N) is 2. The van der Waals surface area contributed by atoms with Crippen molar-refractivity contribution in [1.29, 1.82) is 0 Å². The van der Waals surface area contributed by atoms with Gasteiger partial charge in [0.05, 0.1) is 24.9 Å². The molecule has 0 radical (unpaired) electrons. The molecule has 1 fully saturated rings. The van der Waals surface area contributed by atoms with Crippen molar-refractivity contribution in [2.24, 2.45) is 5.41 Å². The lowest BCUT2D eigenvalue weighted by molar-refractivity contribution is 0.122. The van der Waals surface area contributed by atoms with Crippen LogP contribution < -0.4 is 20.4 Å². The summed E-state index contributed by atoms with van der Waals surface area (Å²) in [7, 11) is 0. The molecule has 224 valence electrons. The van der Waals surface area contributed by atoms with Crippen molar-refractivity contribution in [1.82, 2.24) is 25.3 Å². The van der Waals surface area contributed by atoms with Gasteiger partial charge in [0.2, 0.25) is 0 Å². The molecule has 0 spiro atoms. The molecular weight excluding hydrogens is 528 g/mol. The van der Waals surface area contributed by atoms with Gasteiger partial charge in [-0.25, -0.2) is 24.7 Å². The largest absolute Gasteiger partial charge is 0.378 e. The van der Waals surface area contributed by atoms with Crippen molar-refractivity contribution in [3.05, 3.63) is 53.6 Å². The number of benzene rings is 1. The summed E-state index contributed by atoms with van der Waals surface area (Å²) in [5, 5.41) is 5.92. The van der Waals surface area contributed by atoms with E-state index in [9.17, 15) is 4.79 Å². The third kappa shape index (κ3) is 6.98. The molecule has 10 nitrogen and oxygen atoms in total. The fraction of sp³-hybridized carbons (Fsp3) is 0.531. The normalized spacial score (nSPS) is 17.1. The molecule has 5 rings (SSSR count). The van der Waals surface area contributed by atoms with E-state index in [0.29, 0.717) is 31.0 Å². The first-order valence-corrected chi connectivity index (χ1v) is 15.2. The summed E-state index contributed by atoms with van der Waals surface area (Å²) < 4.78 is 5.64. The minimum atomic E-state index is -0.189. The lowest BCUT2D eigenvalue weighted by atomic mass is 9.85. The Morgan fingerprint density at radius 3 is 2.57 bits per heavy atom. The van der Waals surface area contributed by atoms with Crippen molar-refractivity contribution in [2.45, 2.75) is 66.3 Å². The minimum absolute atomic E-state index is 0.0251. The monoisotopic (exact) mass is 572 g/mol. The first-order valence-electron chi connectivity index (χ1n) is 15.2. The Hall–Kier alpha value is -3.79. The maximum absolute atomic E-state index is 12.5. The number of aryl methyl sites for hydroxylation is 1. The van der Waals surface area contributed by atoms with E-state index in [1.807, 2.05) is 37.3 Å². The zero-order valence-corrected chi connectivity index (χ0v) is 25.6. The molecule has 1 aromatic carbocycles. The minimum Gasteiger partial charge on any atom is -0.378 e. The summed E-state index contributed by atoms with van der Waals surface area (Å²) in [5.41, 5.74) is 5.11. The highest BCUT2D eigenvalue weighted by molar-refractivity contribution is 5.89. The van der Waals surface area contributed by atoms with E-state index in [4.69, 9.17) is 14.7 Å². The molecule has 3 aromatic rings. The Morgan fingerprint density at radius 2 is 1.86 bits per heavy atom. The quantitative estimate of drug-likeness (QED) is 0.322. The van der Waals surface area contributed by atoms with Crippen molar-refractivity contribution in [3.8, 4) is 11.4 Å². The molecule has 2 aliphatic rings. The SMILES string of the molecule is CCC(C)(C)CCCNC(=O)Nc1ccc(-c2nc3c(c(N4CCOCC4)n2)CCN(c2cc(C)ncn2)C3C)cc1. The average molecular weight is 573 g/mol. The highest BCUT2D eigenvalue weighted by Gasteiger charge is 2.32. The molecular formula is C32H44N8O2. The summed E-state index contributed by atoms with van der Waals surface area (Å²) in [6.45, 7) is 15.4. The molecule has 10 heteroatoms. The van der Waals surface area contributed by atoms with E-state index in [0.717, 1.165) is 79.6 Å². The van der Waals surface area contributed by atoms with Gasteiger partial charge in [-0.05, 0) is 62.8 Å². The second-order valence-electron chi connectivity index (χ2n) is 12.1. The van der Waals surface area contributed by atoms with E-state index in [1.54, 1.807) is 6.33 Å². The van der Waals surface area contributed by atoms with E-state index >= 15 is 0 Å². The van der Waals surface area contributed by atoms with E-state index in [2.05, 4.69) is 58.1 Å². The molecule has 0 bridgehead atoms. The first-order chi connectivity index (χ1) is 20.2. The number of carbonyl (C=O) groups excluding carboxylic acids is 1. The third-order valence-electron chi connectivity index (χ3n) is 8.55. The van der Waals surface area contributed by atoms with Crippen LogP contribution in [0, 0.1) is 12.3 Å². The predicted molar refractivity (Wildman–Crippen MR) is 167 cm³/mol. The van der Waals surface area contributed by atoms with Gasteiger partial charge in [-0.3, -0.25) is 0 Å². The zero-order chi connectivity index (χ0) is 29.7. The first kappa shape index (κ1) is 29.7. The van der Waals surface area contributed by atoms with Gasteiger partial charge in [-0.1, -0.05) is 27.2 Å². The van der Waals surface area contributed by atoms with Gasteiger partial charge in [0.25, 0.3) is 0 Å². The smallest absolute Gasteiger partial charge is 0.319 e. The summed E-state index contributed by atoms with van der Waals surface area (Å²) in [6.07, 6.45) is 5.64. The van der Waals surface area contributed by atoms with Gasteiger partial charge in [-0.2, -0.15) is 0 Å². The van der Waals surface area contributed by atoms with Gasteiger partial charge >= 0.3 is 6.03 Å². The number of amides is 2. The van der Waals surface area contributed by atoms with Crippen LogP contribution in [0.1, 0.15) is 70.0 Å². The summed E-state index contributed by atoms with van der Waals surface area (Å²) >= 11 is 0. The molecule has 1 unspecified atom stereocenters. The number of hydrogen-bond acceptors (Lipinski definition) is 8. The fourth-order valence-corrected chi connectivity index (χ4v) is 5.55. The van der Waals surface area contributed by atoms with Gasteiger partial charge in [0, 0.05) is 54.8 Å². The molecule has 2 N–H and O–H groups in total. The maximum Gasteiger partial charge on any atom is 0.319 e. The van der Waals surface area contributed by atoms with Gasteiger partial charge in [-0.15, -0.1) is 0 Å². The third-order valence-corrected chi connectivity index (χ3v) is 8.55. The Labute approximate surface area is 249 Å². The second-order valence-corrected chi connectivity index (χ2v) is 12.1. The Balaban J connectivity index is 1.35. The van der Waals surface area contributed by atoms with Crippen LogP contribution in [0.25, 0.3) is 11.4 Å². The van der Waals surface area contributed by atoms with Crippen molar-refractivity contribution >= 4 is 23.4 Å². The number of rotatable bonds is 9. The molecule has 42 heavy (non-hydrogen) atoms. The van der Waals surface area contributed by atoms with Crippen molar-refractivity contribution in [2.75, 3.05) is 54.5 Å². The van der Waals surface area contributed by atoms with Crippen LogP contribution >= 0.6 is 0 Å². The van der Waals surface area contributed by atoms with Gasteiger partial charge < -0.3 is 25.2 Å². The molecule has 2 aliphatic heterocycles. The summed E-state index contributed by atoms with van der Waals surface area (Å²) in [6, 6.07) is 9.63. The standard InChI is InChI=1S/C32H44N8O2/c1-6-32(4,5)13-7-14-33-31(41)36-25-10-8-24(9-11-25)29-37-28-23(3)40(27-20-22(2)34-21-35-27)15-12-26(28)30(38-29)39-16-18-42-19-17-39/h8-11,20-21,23H,6-7,12-19H2,1-5H3,(H2,33,36,41). The van der Waals surface area contributed by atoms with Crippen LogP contribution in [0.5, 0.6) is 0 Å². The lowest BCUT2D eigenvalue weighted by Gasteiger charge is -2.38. The number of urea groups is 1. The van der Waals surface area contributed by atoms with Crippen LogP contribution in [-0.2, 0) is 11.2 Å². The molecule has 2 amide bonds. The van der Waals surface area contributed by atoms with Crippen LogP contribution in [-0.4, -0.2) is 65.4 Å². The average Bonchev–Trinajstić information content (AvgIpc) is 3.00. The molecule has 4 heterocycles. The topological polar surface area (TPSA) is 108 Å². The van der Waals surface area contributed by atoms with E-state index in [1.165, 1.54) is 5.56 Å². The fourth-order valence-electron chi connectivity index (χ4n) is 5.55. The van der Waals surface area contributed by atoms with Gasteiger partial charge in [0.1, 0.15) is 18.0 Å². The molecule has 1 saturated heterocycles. The Kier molecular flexibility index (Phi) is 9.21. The molecule has 2 aromatic heterocycles. The highest BCUT2D eigenvalue weighted by atomic mass is 16.5. The summed E-state index contributed by atoms with van der Waals surface area (Å²) in [5.74, 6) is 2.59. The number of ether oxygens (including phenoxy) is 1. The van der Waals surface area contributed by atoms with Crippen LogP contribution in [0.15, 0.2) is 36.7 Å².